The monoisotopic (exact) mass is 838 g/mol. The number of hydrogen-bond donors (Lipinski definition) is 0. The van der Waals surface area contributed by atoms with Gasteiger partial charge in [0.15, 0.2) is 5.60 Å². The van der Waals surface area contributed by atoms with Gasteiger partial charge in [-0.1, -0.05) is 56.3 Å². The van der Waals surface area contributed by atoms with E-state index in [1.54, 1.807) is 24.3 Å². The highest BCUT2D eigenvalue weighted by Crippen LogP contribution is 2.60. The summed E-state index contributed by atoms with van der Waals surface area (Å²) in [5.74, 6) is 0.00196. The minimum atomic E-state index is -3.69. The predicted molar refractivity (Wildman–Crippen MR) is 234 cm³/mol. The van der Waals surface area contributed by atoms with Gasteiger partial charge in [0, 0.05) is 27.5 Å². The van der Waals surface area contributed by atoms with E-state index >= 15 is 4.39 Å². The van der Waals surface area contributed by atoms with Crippen molar-refractivity contribution in [2.45, 2.75) is 117 Å². The molecule has 0 saturated carbocycles. The SMILES string of the molecule is CCC1(CC)c2cc(F)ccc2-c2c1c1c(c3cc(F)ccc23)OC(c2ccc(F)cc2)(c2ccc(OCCO[Si](OC(C)(C)C)(OC(C)(C)C)OC(C)(C)C)cc2)C=C1. The Morgan fingerprint density at radius 1 is 0.617 bits per heavy atom. The fourth-order valence-electron chi connectivity index (χ4n) is 8.72. The molecule has 5 aromatic carbocycles. The second kappa shape index (κ2) is 15.8. The first-order valence-electron chi connectivity index (χ1n) is 20.8. The molecule has 60 heavy (non-hydrogen) atoms. The molecule has 1 heterocycles. The Balaban J connectivity index is 1.26. The first kappa shape index (κ1) is 43.6. The maximum Gasteiger partial charge on any atom is 0.681 e. The fourth-order valence-corrected chi connectivity index (χ4v) is 11.6. The molecule has 1 atom stereocenters. The topological polar surface area (TPSA) is 55.4 Å². The Kier molecular flexibility index (Phi) is 11.5. The molecule has 0 bridgehead atoms. The Labute approximate surface area is 354 Å². The molecule has 1 unspecified atom stereocenters. The van der Waals surface area contributed by atoms with Crippen LogP contribution in [0.2, 0.25) is 0 Å². The van der Waals surface area contributed by atoms with Gasteiger partial charge in [-0.15, -0.1) is 0 Å². The zero-order chi connectivity index (χ0) is 43.5. The first-order valence-corrected chi connectivity index (χ1v) is 22.5. The summed E-state index contributed by atoms with van der Waals surface area (Å²) in [5, 5.41) is 1.41. The summed E-state index contributed by atoms with van der Waals surface area (Å²) >= 11 is 0. The molecule has 1 aliphatic heterocycles. The van der Waals surface area contributed by atoms with E-state index in [0.717, 1.165) is 51.6 Å². The molecule has 0 amide bonds. The zero-order valence-electron chi connectivity index (χ0n) is 36.6. The minimum absolute atomic E-state index is 0.139. The maximum atomic E-state index is 15.3. The van der Waals surface area contributed by atoms with E-state index in [-0.39, 0.29) is 24.8 Å². The van der Waals surface area contributed by atoms with Gasteiger partial charge in [-0.25, -0.2) is 13.2 Å². The molecule has 2 aliphatic rings. The average molecular weight is 839 g/mol. The lowest BCUT2D eigenvalue weighted by Gasteiger charge is -2.41. The van der Waals surface area contributed by atoms with E-state index in [0.29, 0.717) is 22.4 Å². The standard InChI is InChI=1S/C50H57F3O6Si/c1-12-49(13-2)42-31-36(53)21-25-39(42)43-38-24-20-35(52)30-41(38)45-40(44(43)49)26-27-50(56-45,32-14-18-34(51)19-15-32)33-16-22-37(23-17-33)54-28-29-55-60(57-46(3,4)5,58-47(6,7)8)59-48(9,10)11/h14-27,30-31H,12-13,28-29H2,1-11H3. The zero-order valence-corrected chi connectivity index (χ0v) is 37.6. The van der Waals surface area contributed by atoms with E-state index in [4.69, 9.17) is 27.2 Å². The largest absolute Gasteiger partial charge is 0.681 e. The molecule has 0 N–H and O–H groups in total. The average Bonchev–Trinajstić information content (AvgIpc) is 3.44. The number of rotatable bonds is 12. The van der Waals surface area contributed by atoms with Crippen LogP contribution in [0.25, 0.3) is 28.0 Å². The van der Waals surface area contributed by atoms with Gasteiger partial charge in [0.1, 0.15) is 35.6 Å². The molecule has 6 nitrogen and oxygen atoms in total. The van der Waals surface area contributed by atoms with E-state index in [1.165, 1.54) is 30.3 Å². The van der Waals surface area contributed by atoms with E-state index < -0.39 is 42.7 Å². The van der Waals surface area contributed by atoms with Crippen molar-refractivity contribution in [3.63, 3.8) is 0 Å². The van der Waals surface area contributed by atoms with Gasteiger partial charge in [0.05, 0.1) is 23.4 Å². The molecule has 7 rings (SSSR count). The normalized spacial score (nSPS) is 17.3. The van der Waals surface area contributed by atoms with Crippen molar-refractivity contribution in [1.29, 1.82) is 0 Å². The molecule has 0 spiro atoms. The van der Waals surface area contributed by atoms with Gasteiger partial charge < -0.3 is 27.2 Å². The lowest BCUT2D eigenvalue weighted by molar-refractivity contribution is -0.135. The Morgan fingerprint density at radius 3 is 1.72 bits per heavy atom. The van der Waals surface area contributed by atoms with Crippen LogP contribution in [0.4, 0.5) is 13.2 Å². The van der Waals surface area contributed by atoms with Gasteiger partial charge in [-0.2, -0.15) is 0 Å². The van der Waals surface area contributed by atoms with Crippen LogP contribution in [0.1, 0.15) is 117 Å². The van der Waals surface area contributed by atoms with Crippen molar-refractivity contribution in [2.24, 2.45) is 0 Å². The van der Waals surface area contributed by atoms with E-state index in [1.807, 2.05) is 105 Å². The maximum absolute atomic E-state index is 15.3. The van der Waals surface area contributed by atoms with Crippen LogP contribution in [0.3, 0.4) is 0 Å². The van der Waals surface area contributed by atoms with Crippen molar-refractivity contribution in [2.75, 3.05) is 13.2 Å². The highest BCUT2D eigenvalue weighted by atomic mass is 28.4. The third-order valence-electron chi connectivity index (χ3n) is 10.9. The molecular formula is C50H57F3O6Si. The minimum Gasteiger partial charge on any atom is -0.491 e. The third kappa shape index (κ3) is 8.42. The molecule has 5 aromatic rings. The van der Waals surface area contributed by atoms with Crippen molar-refractivity contribution in [3.8, 4) is 22.6 Å². The first-order chi connectivity index (χ1) is 28.1. The lowest BCUT2D eigenvalue weighted by Crippen LogP contribution is -2.59. The molecule has 10 heteroatoms. The second-order valence-electron chi connectivity index (χ2n) is 18.7. The van der Waals surface area contributed by atoms with Gasteiger partial charge in [-0.3, -0.25) is 0 Å². The number of halogens is 3. The van der Waals surface area contributed by atoms with Gasteiger partial charge in [0.25, 0.3) is 0 Å². The highest BCUT2D eigenvalue weighted by molar-refractivity contribution is 6.54. The second-order valence-corrected chi connectivity index (χ2v) is 20.6. The van der Waals surface area contributed by atoms with Crippen LogP contribution in [0, 0.1) is 17.5 Å². The molecule has 0 saturated heterocycles. The molecule has 318 valence electrons. The van der Waals surface area contributed by atoms with Crippen LogP contribution in [0.15, 0.2) is 91.0 Å². The lowest BCUT2D eigenvalue weighted by atomic mass is 9.71. The summed E-state index contributed by atoms with van der Waals surface area (Å²) in [6.45, 7) is 22.0. The molecular weight excluding hydrogens is 782 g/mol. The Bertz CT molecular complexity index is 2360. The fraction of sp³-hybridized carbons (Fsp3) is 0.400. The Morgan fingerprint density at radius 2 is 1.15 bits per heavy atom. The Hall–Kier alpha value is -4.45. The summed E-state index contributed by atoms with van der Waals surface area (Å²) in [7, 11) is -3.69. The van der Waals surface area contributed by atoms with Crippen LogP contribution in [0.5, 0.6) is 11.5 Å². The highest BCUT2D eigenvalue weighted by Gasteiger charge is 2.54. The quantitative estimate of drug-likeness (QED) is 0.0921. The van der Waals surface area contributed by atoms with Crippen LogP contribution < -0.4 is 9.47 Å². The molecule has 0 fully saturated rings. The summed E-state index contributed by atoms with van der Waals surface area (Å²) in [5.41, 5.74) is 2.57. The third-order valence-corrected chi connectivity index (χ3v) is 14.1. The van der Waals surface area contributed by atoms with Crippen molar-refractivity contribution >= 4 is 25.9 Å². The van der Waals surface area contributed by atoms with Gasteiger partial charge >= 0.3 is 9.05 Å². The van der Waals surface area contributed by atoms with Gasteiger partial charge in [0.2, 0.25) is 0 Å². The summed E-state index contributed by atoms with van der Waals surface area (Å²) < 4.78 is 84.0. The van der Waals surface area contributed by atoms with Crippen molar-refractivity contribution < 1.29 is 40.3 Å². The number of hydrogen-bond acceptors (Lipinski definition) is 6. The smallest absolute Gasteiger partial charge is 0.491 e. The number of fused-ring (bicyclic) bond motifs is 8. The van der Waals surface area contributed by atoms with Crippen molar-refractivity contribution in [3.05, 3.63) is 136 Å². The molecule has 0 radical (unpaired) electrons. The van der Waals surface area contributed by atoms with Crippen LogP contribution >= 0.6 is 0 Å². The van der Waals surface area contributed by atoms with E-state index in [9.17, 15) is 8.78 Å². The number of ether oxygens (including phenoxy) is 2. The van der Waals surface area contributed by atoms with Crippen LogP contribution in [-0.2, 0) is 28.7 Å². The summed E-state index contributed by atoms with van der Waals surface area (Å²) in [6.07, 6.45) is 5.47. The van der Waals surface area contributed by atoms with Crippen molar-refractivity contribution in [1.82, 2.24) is 0 Å². The van der Waals surface area contributed by atoms with Gasteiger partial charge in [-0.05, 0) is 157 Å². The molecule has 1 aliphatic carbocycles. The van der Waals surface area contributed by atoms with Crippen LogP contribution in [-0.4, -0.2) is 39.1 Å². The predicted octanol–water partition coefficient (Wildman–Crippen LogP) is 13.0. The summed E-state index contributed by atoms with van der Waals surface area (Å²) in [4.78, 5) is 0. The summed E-state index contributed by atoms with van der Waals surface area (Å²) in [6, 6.07) is 23.5. The molecule has 0 aromatic heterocycles. The number of benzene rings is 5. The van der Waals surface area contributed by atoms with E-state index in [2.05, 4.69) is 13.8 Å².